The molecule has 134 valence electrons. The van der Waals surface area contributed by atoms with Crippen molar-refractivity contribution in [2.24, 2.45) is 12.8 Å². The molecule has 0 spiro atoms. The highest BCUT2D eigenvalue weighted by Crippen LogP contribution is 2.24. The quantitative estimate of drug-likeness (QED) is 0.711. The summed E-state index contributed by atoms with van der Waals surface area (Å²) in [6.45, 7) is 1.71. The number of halogens is 2. The van der Waals surface area contributed by atoms with Gasteiger partial charge in [0.2, 0.25) is 11.8 Å². The average molecular weight is 386 g/mol. The maximum Gasteiger partial charge on any atom is 0.237 e. The number of aryl methyl sites for hydroxylation is 1. The van der Waals surface area contributed by atoms with Gasteiger partial charge in [0.15, 0.2) is 5.16 Å². The van der Waals surface area contributed by atoms with Gasteiger partial charge in [0.05, 0.1) is 10.3 Å². The number of thioether (sulfide) groups is 1. The van der Waals surface area contributed by atoms with Crippen LogP contribution in [0.5, 0.6) is 0 Å². The normalized spacial score (nSPS) is 12.0. The Morgan fingerprint density at radius 2 is 2.16 bits per heavy atom. The molecule has 1 aromatic carbocycles. The number of aromatic nitrogens is 3. The second-order valence-corrected chi connectivity index (χ2v) is 7.02. The van der Waals surface area contributed by atoms with Crippen molar-refractivity contribution >= 4 is 40.9 Å². The van der Waals surface area contributed by atoms with Crippen LogP contribution in [-0.4, -0.2) is 31.8 Å². The van der Waals surface area contributed by atoms with Crippen molar-refractivity contribution in [1.29, 1.82) is 0 Å². The third-order valence-electron chi connectivity index (χ3n) is 3.36. The number of hydrogen-bond acceptors (Lipinski definition) is 5. The van der Waals surface area contributed by atoms with Crippen molar-refractivity contribution < 1.29 is 14.0 Å². The number of carbonyl (C=O) groups excluding carboxylic acids is 2. The predicted molar refractivity (Wildman–Crippen MR) is 93.9 cm³/mol. The minimum Gasteiger partial charge on any atom is -0.370 e. The minimum atomic E-state index is -0.551. The molecule has 0 fully saturated rings. The number of nitrogens with two attached hydrogens (primary N) is 1. The van der Waals surface area contributed by atoms with Crippen LogP contribution in [0.25, 0.3) is 0 Å². The SMILES string of the molecule is C[C@H](Sc1nnc(CCC(N)=O)n1C)C(=O)Nc1ccc(F)c(Cl)c1. The van der Waals surface area contributed by atoms with Crippen LogP contribution in [0.15, 0.2) is 23.4 Å². The second-order valence-electron chi connectivity index (χ2n) is 5.30. The van der Waals surface area contributed by atoms with Gasteiger partial charge >= 0.3 is 0 Å². The number of benzene rings is 1. The van der Waals surface area contributed by atoms with Gasteiger partial charge in [-0.1, -0.05) is 23.4 Å². The largest absolute Gasteiger partial charge is 0.370 e. The van der Waals surface area contributed by atoms with E-state index in [1.807, 2.05) is 0 Å². The van der Waals surface area contributed by atoms with Crippen molar-refractivity contribution in [2.45, 2.75) is 30.2 Å². The first-order chi connectivity index (χ1) is 11.8. The number of nitrogens with one attached hydrogen (secondary N) is 1. The monoisotopic (exact) mass is 385 g/mol. The summed E-state index contributed by atoms with van der Waals surface area (Å²) in [7, 11) is 1.75. The van der Waals surface area contributed by atoms with Crippen LogP contribution in [0.4, 0.5) is 10.1 Å². The molecule has 2 amide bonds. The highest BCUT2D eigenvalue weighted by molar-refractivity contribution is 8.00. The van der Waals surface area contributed by atoms with Crippen molar-refractivity contribution in [3.05, 3.63) is 34.9 Å². The molecule has 0 aliphatic rings. The zero-order valence-corrected chi connectivity index (χ0v) is 15.2. The standard InChI is InChI=1S/C15H17ClFN5O2S/c1-8(14(24)19-9-3-4-11(17)10(16)7-9)25-15-21-20-13(22(15)2)6-5-12(18)23/h3-4,7-8H,5-6H2,1-2H3,(H2,18,23)(H,19,24)/t8-/m0/s1. The maximum absolute atomic E-state index is 13.1. The minimum absolute atomic E-state index is 0.0644. The van der Waals surface area contributed by atoms with Crippen molar-refractivity contribution in [2.75, 3.05) is 5.32 Å². The fraction of sp³-hybridized carbons (Fsp3) is 0.333. The number of nitrogens with zero attached hydrogens (tertiary/aromatic N) is 3. The fourth-order valence-corrected chi connectivity index (χ4v) is 2.94. The zero-order valence-electron chi connectivity index (χ0n) is 13.6. The Bertz CT molecular complexity index is 798. The molecule has 0 saturated carbocycles. The van der Waals surface area contributed by atoms with E-state index in [1.54, 1.807) is 18.5 Å². The Morgan fingerprint density at radius 1 is 1.44 bits per heavy atom. The van der Waals surface area contributed by atoms with E-state index in [0.717, 1.165) is 0 Å². The van der Waals surface area contributed by atoms with Gasteiger partial charge in [0, 0.05) is 25.6 Å². The molecule has 0 radical (unpaired) electrons. The molecule has 0 aliphatic carbocycles. The zero-order chi connectivity index (χ0) is 18.6. The van der Waals surface area contributed by atoms with E-state index in [1.165, 1.54) is 30.0 Å². The Labute approximate surface area is 153 Å². The Kier molecular flexibility index (Phi) is 6.38. The summed E-state index contributed by atoms with van der Waals surface area (Å²) >= 11 is 6.91. The van der Waals surface area contributed by atoms with Gasteiger partial charge in [-0.15, -0.1) is 10.2 Å². The maximum atomic E-state index is 13.1. The molecule has 10 heteroatoms. The summed E-state index contributed by atoms with van der Waals surface area (Å²) in [5.74, 6) is -0.638. The van der Waals surface area contributed by atoms with Crippen LogP contribution in [0.3, 0.4) is 0 Å². The summed E-state index contributed by atoms with van der Waals surface area (Å²) in [5, 5.41) is 10.7. The van der Waals surface area contributed by atoms with E-state index >= 15 is 0 Å². The van der Waals surface area contributed by atoms with Crippen LogP contribution in [-0.2, 0) is 23.1 Å². The molecule has 2 rings (SSSR count). The summed E-state index contributed by atoms with van der Waals surface area (Å²) in [4.78, 5) is 23.1. The third kappa shape index (κ3) is 5.17. The smallest absolute Gasteiger partial charge is 0.237 e. The molecular weight excluding hydrogens is 369 g/mol. The number of amides is 2. The highest BCUT2D eigenvalue weighted by atomic mass is 35.5. The molecule has 0 saturated heterocycles. The van der Waals surface area contributed by atoms with E-state index in [0.29, 0.717) is 23.1 Å². The predicted octanol–water partition coefficient (Wildman–Crippen LogP) is 2.14. The lowest BCUT2D eigenvalue weighted by Crippen LogP contribution is -2.23. The van der Waals surface area contributed by atoms with Crippen molar-refractivity contribution in [3.63, 3.8) is 0 Å². The van der Waals surface area contributed by atoms with Gasteiger partial charge in [0.25, 0.3) is 0 Å². The fourth-order valence-electron chi connectivity index (χ4n) is 1.93. The van der Waals surface area contributed by atoms with Crippen LogP contribution < -0.4 is 11.1 Å². The summed E-state index contributed by atoms with van der Waals surface area (Å²) in [6, 6.07) is 3.96. The Balaban J connectivity index is 1.98. The highest BCUT2D eigenvalue weighted by Gasteiger charge is 2.19. The first-order valence-corrected chi connectivity index (χ1v) is 8.63. The number of primary amides is 1. The third-order valence-corrected chi connectivity index (χ3v) is 4.78. The molecule has 0 aliphatic heterocycles. The lowest BCUT2D eigenvalue weighted by Gasteiger charge is -2.12. The van der Waals surface area contributed by atoms with Gasteiger partial charge in [-0.05, 0) is 25.1 Å². The van der Waals surface area contributed by atoms with Crippen molar-refractivity contribution in [3.8, 4) is 0 Å². The van der Waals surface area contributed by atoms with Gasteiger partial charge in [-0.25, -0.2) is 4.39 Å². The van der Waals surface area contributed by atoms with E-state index in [-0.39, 0.29) is 17.4 Å². The molecule has 2 aromatic rings. The average Bonchev–Trinajstić information content (AvgIpc) is 2.89. The van der Waals surface area contributed by atoms with E-state index in [4.69, 9.17) is 17.3 Å². The number of hydrogen-bond donors (Lipinski definition) is 2. The lowest BCUT2D eigenvalue weighted by molar-refractivity contribution is -0.118. The summed E-state index contributed by atoms with van der Waals surface area (Å²) in [6.07, 6.45) is 0.562. The summed E-state index contributed by atoms with van der Waals surface area (Å²) < 4.78 is 14.9. The molecule has 25 heavy (non-hydrogen) atoms. The van der Waals surface area contributed by atoms with Gasteiger partial charge in [0.1, 0.15) is 11.6 Å². The van der Waals surface area contributed by atoms with E-state index < -0.39 is 17.0 Å². The van der Waals surface area contributed by atoms with Crippen LogP contribution in [0.2, 0.25) is 5.02 Å². The molecule has 0 unspecified atom stereocenters. The molecule has 0 bridgehead atoms. The van der Waals surface area contributed by atoms with Crippen LogP contribution in [0.1, 0.15) is 19.2 Å². The van der Waals surface area contributed by atoms with Gasteiger partial charge in [-0.2, -0.15) is 0 Å². The first-order valence-electron chi connectivity index (χ1n) is 7.37. The molecule has 7 nitrogen and oxygen atoms in total. The Morgan fingerprint density at radius 3 is 2.80 bits per heavy atom. The van der Waals surface area contributed by atoms with Crippen molar-refractivity contribution in [1.82, 2.24) is 14.8 Å². The number of anilines is 1. The van der Waals surface area contributed by atoms with Crippen LogP contribution in [0, 0.1) is 5.82 Å². The summed E-state index contributed by atoms with van der Waals surface area (Å²) in [5.41, 5.74) is 5.53. The molecule has 1 atom stereocenters. The van der Waals surface area contributed by atoms with Gasteiger partial charge in [-0.3, -0.25) is 9.59 Å². The number of rotatable bonds is 7. The molecule has 1 aromatic heterocycles. The second kappa shape index (κ2) is 8.30. The topological polar surface area (TPSA) is 103 Å². The van der Waals surface area contributed by atoms with Gasteiger partial charge < -0.3 is 15.6 Å². The molecule has 1 heterocycles. The number of carbonyl (C=O) groups is 2. The Hall–Kier alpha value is -2.13. The molecule has 3 N–H and O–H groups in total. The lowest BCUT2D eigenvalue weighted by atomic mass is 10.3. The van der Waals surface area contributed by atoms with E-state index in [2.05, 4.69) is 15.5 Å². The molecular formula is C15H17ClFN5O2S. The van der Waals surface area contributed by atoms with Crippen LogP contribution >= 0.6 is 23.4 Å². The first kappa shape index (κ1) is 19.2. The van der Waals surface area contributed by atoms with E-state index in [9.17, 15) is 14.0 Å².